The first-order valence-electron chi connectivity index (χ1n) is 8.05. The highest BCUT2D eigenvalue weighted by Crippen LogP contribution is 2.35. The molecule has 1 aliphatic heterocycles. The molecule has 0 bridgehead atoms. The Morgan fingerprint density at radius 3 is 2.50 bits per heavy atom. The predicted octanol–water partition coefficient (Wildman–Crippen LogP) is 1.83. The van der Waals surface area contributed by atoms with Crippen LogP contribution in [0.5, 0.6) is 0 Å². The van der Waals surface area contributed by atoms with Crippen LogP contribution >= 0.6 is 0 Å². The molecule has 0 aromatic carbocycles. The molecule has 3 unspecified atom stereocenters. The summed E-state index contributed by atoms with van der Waals surface area (Å²) in [5.74, 6) is 0.612. The largest absolute Gasteiger partial charge is 0.393 e. The number of hydrogen-bond acceptors (Lipinski definition) is 4. The average molecular weight is 303 g/mol. The van der Waals surface area contributed by atoms with Crippen LogP contribution in [0, 0.1) is 5.92 Å². The van der Waals surface area contributed by atoms with Crippen LogP contribution in [0.25, 0.3) is 0 Å². The number of piperidine rings is 1. The Balaban J connectivity index is 1.97. The lowest BCUT2D eigenvalue weighted by Crippen LogP contribution is -2.48. The number of aliphatic hydroxyl groups excluding tert-OH is 1. The molecule has 3 atom stereocenters. The quantitative estimate of drug-likeness (QED) is 0.842. The van der Waals surface area contributed by atoms with Crippen molar-refractivity contribution in [3.63, 3.8) is 0 Å². The molecule has 1 N–H and O–H groups in total. The third-order valence-electron chi connectivity index (χ3n) is 5.07. The minimum atomic E-state index is -2.96. The van der Waals surface area contributed by atoms with E-state index in [9.17, 15) is 13.5 Å². The fraction of sp³-hybridized carbons (Fsp3) is 1.00. The van der Waals surface area contributed by atoms with E-state index in [0.29, 0.717) is 18.5 Å². The molecule has 5 heteroatoms. The van der Waals surface area contributed by atoms with Gasteiger partial charge in [0.15, 0.2) is 9.84 Å². The second kappa shape index (κ2) is 6.75. The summed E-state index contributed by atoms with van der Waals surface area (Å²) in [5, 5.41) is 9.84. The maximum absolute atomic E-state index is 12.0. The Morgan fingerprint density at radius 2 is 1.90 bits per heavy atom. The summed E-state index contributed by atoms with van der Waals surface area (Å²) < 4.78 is 24.0. The Hall–Kier alpha value is -0.130. The number of nitrogens with zero attached hydrogens (tertiary/aromatic N) is 1. The van der Waals surface area contributed by atoms with E-state index >= 15 is 0 Å². The molecule has 2 rings (SSSR count). The number of sulfone groups is 1. The van der Waals surface area contributed by atoms with Crippen LogP contribution in [-0.4, -0.2) is 54.7 Å². The third kappa shape index (κ3) is 3.74. The van der Waals surface area contributed by atoms with Crippen LogP contribution in [0.15, 0.2) is 0 Å². The first-order valence-corrected chi connectivity index (χ1v) is 9.77. The average Bonchev–Trinajstić information content (AvgIpc) is 2.83. The van der Waals surface area contributed by atoms with Crippen molar-refractivity contribution in [2.24, 2.45) is 5.92 Å². The normalized spacial score (nSPS) is 32.9. The molecule has 0 aromatic rings. The van der Waals surface area contributed by atoms with Gasteiger partial charge in [0.2, 0.25) is 0 Å². The van der Waals surface area contributed by atoms with Crippen molar-refractivity contribution in [3.05, 3.63) is 0 Å². The van der Waals surface area contributed by atoms with Crippen LogP contribution in [0.4, 0.5) is 0 Å². The molecule has 1 heterocycles. The summed E-state index contributed by atoms with van der Waals surface area (Å²) in [7, 11) is -2.96. The fourth-order valence-corrected chi connectivity index (χ4v) is 4.64. The summed E-state index contributed by atoms with van der Waals surface area (Å²) >= 11 is 0. The molecular weight excluding hydrogens is 274 g/mol. The number of likely N-dealkylation sites (tertiary alicyclic amines) is 1. The van der Waals surface area contributed by atoms with E-state index in [0.717, 1.165) is 38.6 Å². The molecule has 20 heavy (non-hydrogen) atoms. The molecule has 2 aliphatic rings. The van der Waals surface area contributed by atoms with E-state index in [-0.39, 0.29) is 17.1 Å². The van der Waals surface area contributed by atoms with Gasteiger partial charge >= 0.3 is 0 Å². The zero-order chi connectivity index (χ0) is 14.8. The van der Waals surface area contributed by atoms with Gasteiger partial charge in [-0.1, -0.05) is 12.8 Å². The zero-order valence-corrected chi connectivity index (χ0v) is 13.6. The maximum atomic E-state index is 12.0. The van der Waals surface area contributed by atoms with E-state index in [1.54, 1.807) is 13.8 Å². The lowest BCUT2D eigenvalue weighted by atomic mass is 9.88. The first-order chi connectivity index (χ1) is 9.42. The van der Waals surface area contributed by atoms with Crippen LogP contribution in [-0.2, 0) is 9.84 Å². The van der Waals surface area contributed by atoms with Crippen molar-refractivity contribution in [1.82, 2.24) is 4.90 Å². The van der Waals surface area contributed by atoms with Crippen LogP contribution in [0.3, 0.4) is 0 Å². The summed E-state index contributed by atoms with van der Waals surface area (Å²) in [4.78, 5) is 2.34. The molecule has 118 valence electrons. The highest BCUT2D eigenvalue weighted by Gasteiger charge is 2.37. The summed E-state index contributed by atoms with van der Waals surface area (Å²) in [5.41, 5.74) is 0. The molecule has 0 radical (unpaired) electrons. The Morgan fingerprint density at radius 1 is 1.15 bits per heavy atom. The Bertz CT molecular complexity index is 407. The maximum Gasteiger partial charge on any atom is 0.153 e. The van der Waals surface area contributed by atoms with Crippen molar-refractivity contribution in [2.45, 2.75) is 69.8 Å². The molecule has 0 amide bonds. The van der Waals surface area contributed by atoms with Gasteiger partial charge in [-0.2, -0.15) is 0 Å². The van der Waals surface area contributed by atoms with Gasteiger partial charge in [-0.25, -0.2) is 8.42 Å². The monoisotopic (exact) mass is 303 g/mol. The van der Waals surface area contributed by atoms with Gasteiger partial charge in [-0.3, -0.25) is 4.90 Å². The van der Waals surface area contributed by atoms with Crippen LogP contribution in [0.2, 0.25) is 0 Å². The minimum Gasteiger partial charge on any atom is -0.393 e. The van der Waals surface area contributed by atoms with Gasteiger partial charge in [-0.05, 0) is 46.1 Å². The summed E-state index contributed by atoms with van der Waals surface area (Å²) in [6, 6.07) is 0.392. The zero-order valence-electron chi connectivity index (χ0n) is 12.8. The molecule has 1 saturated carbocycles. The second-order valence-electron chi connectivity index (χ2n) is 6.68. The predicted molar refractivity (Wildman–Crippen MR) is 81.5 cm³/mol. The van der Waals surface area contributed by atoms with Gasteiger partial charge in [0.05, 0.1) is 17.1 Å². The van der Waals surface area contributed by atoms with Crippen molar-refractivity contribution in [1.29, 1.82) is 0 Å². The molecule has 4 nitrogen and oxygen atoms in total. The minimum absolute atomic E-state index is 0.178. The fourth-order valence-electron chi connectivity index (χ4n) is 3.68. The van der Waals surface area contributed by atoms with E-state index in [1.165, 1.54) is 6.42 Å². The lowest BCUT2D eigenvalue weighted by Gasteiger charge is -2.40. The van der Waals surface area contributed by atoms with Crippen molar-refractivity contribution < 1.29 is 13.5 Å². The van der Waals surface area contributed by atoms with Gasteiger partial charge in [-0.15, -0.1) is 0 Å². The van der Waals surface area contributed by atoms with Gasteiger partial charge in [0.25, 0.3) is 0 Å². The third-order valence-corrected chi connectivity index (χ3v) is 7.26. The SMILES string of the molecule is CC(C)S(=O)(=O)CCN1CCCCC1C1CCCC1O. The van der Waals surface area contributed by atoms with E-state index in [4.69, 9.17) is 0 Å². The first kappa shape index (κ1) is 16.2. The van der Waals surface area contributed by atoms with E-state index in [1.807, 2.05) is 0 Å². The van der Waals surface area contributed by atoms with Crippen LogP contribution in [0.1, 0.15) is 52.4 Å². The van der Waals surface area contributed by atoms with Crippen molar-refractivity contribution >= 4 is 9.84 Å². The van der Waals surface area contributed by atoms with Crippen molar-refractivity contribution in [3.8, 4) is 0 Å². The van der Waals surface area contributed by atoms with E-state index in [2.05, 4.69) is 4.90 Å². The Kier molecular flexibility index (Phi) is 5.49. The number of rotatable bonds is 5. The molecule has 0 aromatic heterocycles. The Labute approximate surface area is 123 Å². The van der Waals surface area contributed by atoms with E-state index < -0.39 is 9.84 Å². The standard InChI is InChI=1S/C15H29NO3S/c1-12(2)20(18,19)11-10-16-9-4-3-7-14(16)13-6-5-8-15(13)17/h12-15,17H,3-11H2,1-2H3. The number of hydrogen-bond donors (Lipinski definition) is 1. The lowest BCUT2D eigenvalue weighted by molar-refractivity contribution is 0.0388. The molecule has 1 aliphatic carbocycles. The van der Waals surface area contributed by atoms with Crippen LogP contribution < -0.4 is 0 Å². The summed E-state index contributed by atoms with van der Waals surface area (Å²) in [6.07, 6.45) is 6.42. The summed E-state index contributed by atoms with van der Waals surface area (Å²) in [6.45, 7) is 5.13. The highest BCUT2D eigenvalue weighted by atomic mass is 32.2. The molecule has 1 saturated heterocycles. The highest BCUT2D eigenvalue weighted by molar-refractivity contribution is 7.92. The van der Waals surface area contributed by atoms with Crippen molar-refractivity contribution in [2.75, 3.05) is 18.8 Å². The molecule has 2 fully saturated rings. The topological polar surface area (TPSA) is 57.6 Å². The molecular formula is C15H29NO3S. The van der Waals surface area contributed by atoms with Gasteiger partial charge in [0, 0.05) is 18.5 Å². The van der Waals surface area contributed by atoms with Gasteiger partial charge in [0.1, 0.15) is 0 Å². The second-order valence-corrected chi connectivity index (χ2v) is 9.35. The van der Waals surface area contributed by atoms with Gasteiger partial charge < -0.3 is 5.11 Å². The smallest absolute Gasteiger partial charge is 0.153 e. The molecule has 0 spiro atoms. The number of aliphatic hydroxyl groups is 1.